The zero-order valence-corrected chi connectivity index (χ0v) is 19.0. The van der Waals surface area contributed by atoms with Crippen LogP contribution >= 0.6 is 34.8 Å². The van der Waals surface area contributed by atoms with Crippen LogP contribution in [0.15, 0.2) is 85.1 Å². The number of nitrogens with zero attached hydrogens (tertiary/aromatic N) is 3. The molecule has 0 amide bonds. The van der Waals surface area contributed by atoms with Crippen LogP contribution in [-0.2, 0) is 6.54 Å². The SMILES string of the molecule is Clc1ccc(-c2cnn3c(NCc4ccc(Cl)cc4Cl)cc(-c4ccccc4)nc23)cc1. The quantitative estimate of drug-likeness (QED) is 0.282. The standard InChI is InChI=1S/C25H17Cl3N4/c26-19-9-6-16(7-10-19)21-15-30-32-24(29-14-18-8-11-20(27)12-22(18)28)13-23(31-25(21)32)17-4-2-1-3-5-17/h1-13,15,29H,14H2. The summed E-state index contributed by atoms with van der Waals surface area (Å²) in [5.41, 5.74) is 5.47. The van der Waals surface area contributed by atoms with Gasteiger partial charge in [-0.15, -0.1) is 0 Å². The van der Waals surface area contributed by atoms with Crippen LogP contribution in [0.25, 0.3) is 28.0 Å². The molecule has 0 aliphatic rings. The Balaban J connectivity index is 1.61. The Kier molecular flexibility index (Phi) is 5.75. The van der Waals surface area contributed by atoms with Crippen LogP contribution in [0.5, 0.6) is 0 Å². The average molecular weight is 480 g/mol. The van der Waals surface area contributed by atoms with Gasteiger partial charge in [-0.1, -0.05) is 83.3 Å². The topological polar surface area (TPSA) is 42.2 Å². The number of fused-ring (bicyclic) bond motifs is 1. The first-order valence-corrected chi connectivity index (χ1v) is 11.1. The summed E-state index contributed by atoms with van der Waals surface area (Å²) in [6.07, 6.45) is 1.82. The number of hydrogen-bond acceptors (Lipinski definition) is 3. The summed E-state index contributed by atoms with van der Waals surface area (Å²) in [5, 5.41) is 9.97. The van der Waals surface area contributed by atoms with E-state index in [-0.39, 0.29) is 0 Å². The van der Waals surface area contributed by atoms with Crippen molar-refractivity contribution < 1.29 is 0 Å². The predicted octanol–water partition coefficient (Wildman–Crippen LogP) is 7.64. The summed E-state index contributed by atoms with van der Waals surface area (Å²) in [5.74, 6) is 0.806. The van der Waals surface area contributed by atoms with Crippen molar-refractivity contribution in [2.45, 2.75) is 6.54 Å². The fourth-order valence-corrected chi connectivity index (χ4v) is 4.13. The molecule has 2 heterocycles. The molecule has 0 atom stereocenters. The van der Waals surface area contributed by atoms with Crippen LogP contribution in [0.4, 0.5) is 5.82 Å². The third-order valence-corrected chi connectivity index (χ3v) is 6.01. The smallest absolute Gasteiger partial charge is 0.165 e. The predicted molar refractivity (Wildman–Crippen MR) is 133 cm³/mol. The molecule has 32 heavy (non-hydrogen) atoms. The number of halogens is 3. The average Bonchev–Trinajstić information content (AvgIpc) is 3.23. The Labute approximate surface area is 200 Å². The van der Waals surface area contributed by atoms with Crippen molar-refractivity contribution in [2.75, 3.05) is 5.32 Å². The summed E-state index contributed by atoms with van der Waals surface area (Å²) in [6.45, 7) is 0.513. The lowest BCUT2D eigenvalue weighted by molar-refractivity contribution is 0.927. The molecule has 158 valence electrons. The number of nitrogens with one attached hydrogen (secondary N) is 1. The molecule has 0 spiro atoms. The van der Waals surface area contributed by atoms with Crippen molar-refractivity contribution in [3.05, 3.63) is 106 Å². The second-order valence-electron chi connectivity index (χ2n) is 7.28. The van der Waals surface area contributed by atoms with Crippen molar-refractivity contribution in [1.29, 1.82) is 0 Å². The maximum Gasteiger partial charge on any atom is 0.165 e. The molecule has 0 radical (unpaired) electrons. The lowest BCUT2D eigenvalue weighted by atomic mass is 10.1. The van der Waals surface area contributed by atoms with Gasteiger partial charge in [0.2, 0.25) is 0 Å². The lowest BCUT2D eigenvalue weighted by Gasteiger charge is -2.12. The summed E-state index contributed by atoms with van der Waals surface area (Å²) in [6, 6.07) is 25.2. The molecule has 7 heteroatoms. The van der Waals surface area contributed by atoms with Crippen molar-refractivity contribution >= 4 is 46.3 Å². The Morgan fingerprint density at radius 2 is 1.53 bits per heavy atom. The molecule has 0 saturated heterocycles. The van der Waals surface area contributed by atoms with Gasteiger partial charge in [0.05, 0.1) is 11.9 Å². The van der Waals surface area contributed by atoms with Crippen molar-refractivity contribution in [2.24, 2.45) is 0 Å². The fourth-order valence-electron chi connectivity index (χ4n) is 3.53. The molecule has 5 aromatic rings. The monoisotopic (exact) mass is 478 g/mol. The van der Waals surface area contributed by atoms with E-state index in [1.54, 1.807) is 10.6 Å². The molecule has 0 aliphatic heterocycles. The second kappa shape index (κ2) is 8.83. The Morgan fingerprint density at radius 3 is 2.28 bits per heavy atom. The Hall–Kier alpha value is -3.05. The highest BCUT2D eigenvalue weighted by Crippen LogP contribution is 2.30. The first-order chi connectivity index (χ1) is 15.6. The number of aromatic nitrogens is 3. The molecule has 2 aromatic heterocycles. The summed E-state index contributed by atoms with van der Waals surface area (Å²) < 4.78 is 1.81. The normalized spacial score (nSPS) is 11.1. The van der Waals surface area contributed by atoms with Crippen LogP contribution in [0.1, 0.15) is 5.56 Å². The van der Waals surface area contributed by atoms with E-state index >= 15 is 0 Å². The van der Waals surface area contributed by atoms with Gasteiger partial charge in [0.25, 0.3) is 0 Å². The molecular weight excluding hydrogens is 463 g/mol. The molecule has 0 unspecified atom stereocenters. The van der Waals surface area contributed by atoms with Gasteiger partial charge in [0.1, 0.15) is 5.82 Å². The zero-order chi connectivity index (χ0) is 22.1. The van der Waals surface area contributed by atoms with E-state index in [9.17, 15) is 0 Å². The minimum Gasteiger partial charge on any atom is -0.366 e. The molecule has 0 bridgehead atoms. The molecule has 5 rings (SSSR count). The highest BCUT2D eigenvalue weighted by atomic mass is 35.5. The minimum absolute atomic E-state index is 0.513. The highest BCUT2D eigenvalue weighted by Gasteiger charge is 2.14. The molecule has 1 N–H and O–H groups in total. The van der Waals surface area contributed by atoms with Gasteiger partial charge in [-0.25, -0.2) is 4.98 Å². The van der Waals surface area contributed by atoms with Gasteiger partial charge in [0, 0.05) is 38.8 Å². The number of rotatable bonds is 5. The van der Waals surface area contributed by atoms with Crippen molar-refractivity contribution in [3.8, 4) is 22.4 Å². The third kappa shape index (κ3) is 4.17. The summed E-state index contributed by atoms with van der Waals surface area (Å²) >= 11 is 18.5. The zero-order valence-electron chi connectivity index (χ0n) is 16.8. The molecule has 0 fully saturated rings. The van der Waals surface area contributed by atoms with E-state index < -0.39 is 0 Å². The maximum absolute atomic E-state index is 6.37. The van der Waals surface area contributed by atoms with Gasteiger partial charge < -0.3 is 5.32 Å². The molecule has 0 aliphatic carbocycles. The van der Waals surface area contributed by atoms with E-state index in [2.05, 4.69) is 10.4 Å². The van der Waals surface area contributed by atoms with Gasteiger partial charge in [-0.3, -0.25) is 0 Å². The third-order valence-electron chi connectivity index (χ3n) is 5.17. The summed E-state index contributed by atoms with van der Waals surface area (Å²) in [7, 11) is 0. The van der Waals surface area contributed by atoms with Gasteiger partial charge in [-0.05, 0) is 35.4 Å². The minimum atomic E-state index is 0.513. The van der Waals surface area contributed by atoms with Crippen molar-refractivity contribution in [1.82, 2.24) is 14.6 Å². The van der Waals surface area contributed by atoms with E-state index in [1.165, 1.54) is 0 Å². The summed E-state index contributed by atoms with van der Waals surface area (Å²) in [4.78, 5) is 4.93. The maximum atomic E-state index is 6.37. The first-order valence-electron chi connectivity index (χ1n) is 9.96. The lowest BCUT2D eigenvalue weighted by Crippen LogP contribution is -2.07. The van der Waals surface area contributed by atoms with Crippen LogP contribution in [0.3, 0.4) is 0 Å². The first kappa shape index (κ1) is 20.8. The number of benzene rings is 3. The number of anilines is 1. The van der Waals surface area contributed by atoms with Crippen LogP contribution in [0.2, 0.25) is 15.1 Å². The molecule has 4 nitrogen and oxygen atoms in total. The largest absolute Gasteiger partial charge is 0.366 e. The highest BCUT2D eigenvalue weighted by molar-refractivity contribution is 6.35. The van der Waals surface area contributed by atoms with Crippen molar-refractivity contribution in [3.63, 3.8) is 0 Å². The fraction of sp³-hybridized carbons (Fsp3) is 0.0400. The van der Waals surface area contributed by atoms with Crippen LogP contribution in [-0.4, -0.2) is 14.6 Å². The van der Waals surface area contributed by atoms with Crippen LogP contribution < -0.4 is 5.32 Å². The second-order valence-corrected chi connectivity index (χ2v) is 8.56. The molecular formula is C25H17Cl3N4. The van der Waals surface area contributed by atoms with E-state index in [4.69, 9.17) is 39.8 Å². The van der Waals surface area contributed by atoms with E-state index in [1.807, 2.05) is 79.0 Å². The van der Waals surface area contributed by atoms with Gasteiger partial charge in [0.15, 0.2) is 5.65 Å². The van der Waals surface area contributed by atoms with Crippen LogP contribution in [0, 0.1) is 0 Å². The van der Waals surface area contributed by atoms with E-state index in [0.717, 1.165) is 39.4 Å². The Bertz CT molecular complexity index is 1400. The van der Waals surface area contributed by atoms with E-state index in [0.29, 0.717) is 21.6 Å². The van der Waals surface area contributed by atoms with Gasteiger partial charge in [-0.2, -0.15) is 9.61 Å². The number of hydrogen-bond donors (Lipinski definition) is 1. The molecule has 0 saturated carbocycles. The Morgan fingerprint density at radius 1 is 0.781 bits per heavy atom. The van der Waals surface area contributed by atoms with Gasteiger partial charge >= 0.3 is 0 Å². The molecule has 3 aromatic carbocycles.